The minimum absolute atomic E-state index is 0. The number of hydrogen-bond acceptors (Lipinski definition) is 4. The third-order valence-corrected chi connectivity index (χ3v) is 7.73. The van der Waals surface area contributed by atoms with Gasteiger partial charge in [-0.1, -0.05) is 13.8 Å². The van der Waals surface area contributed by atoms with Gasteiger partial charge in [-0.15, -0.1) is 24.0 Å². The van der Waals surface area contributed by atoms with Crippen molar-refractivity contribution >= 4 is 41.7 Å². The molecule has 2 aliphatic heterocycles. The van der Waals surface area contributed by atoms with Crippen LogP contribution in [0, 0.1) is 11.3 Å². The molecule has 0 radical (unpaired) electrons. The maximum Gasteiger partial charge on any atom is 0.191 e. The molecule has 26 heavy (non-hydrogen) atoms. The van der Waals surface area contributed by atoms with Crippen LogP contribution in [0.2, 0.25) is 0 Å². The van der Waals surface area contributed by atoms with E-state index in [0.717, 1.165) is 51.7 Å². The lowest BCUT2D eigenvalue weighted by atomic mass is 9.55. The standard InChI is InChI=1S/C19H35N3O2S.HI/c1-5-20-17(21-13-19(25-4)8-11-23-12-9-19)22-15-14-7-6-10-24-16(14)18(15,2)3;/h14-16H,5-13H2,1-4H3,(H2,20,21,22);1H. The number of fused-ring (bicyclic) bond motifs is 1. The summed E-state index contributed by atoms with van der Waals surface area (Å²) in [6, 6.07) is 0.440. The molecule has 2 heterocycles. The Hall–Kier alpha value is 0.270. The molecule has 3 unspecified atom stereocenters. The van der Waals surface area contributed by atoms with Gasteiger partial charge in [0.2, 0.25) is 0 Å². The van der Waals surface area contributed by atoms with Crippen LogP contribution < -0.4 is 10.6 Å². The number of nitrogens with zero attached hydrogens (tertiary/aromatic N) is 1. The number of hydrogen-bond donors (Lipinski definition) is 2. The number of rotatable bonds is 5. The van der Waals surface area contributed by atoms with Crippen molar-refractivity contribution in [1.82, 2.24) is 10.6 Å². The van der Waals surface area contributed by atoms with Crippen LogP contribution in [-0.2, 0) is 9.47 Å². The highest BCUT2D eigenvalue weighted by Crippen LogP contribution is 2.51. The summed E-state index contributed by atoms with van der Waals surface area (Å²) in [5.41, 5.74) is 0.164. The maximum atomic E-state index is 6.04. The highest BCUT2D eigenvalue weighted by molar-refractivity contribution is 14.0. The molecule has 0 aromatic heterocycles. The van der Waals surface area contributed by atoms with E-state index in [1.165, 1.54) is 12.8 Å². The summed E-state index contributed by atoms with van der Waals surface area (Å²) < 4.78 is 11.8. The van der Waals surface area contributed by atoms with E-state index in [1.54, 1.807) is 0 Å². The molecule has 0 bridgehead atoms. The summed E-state index contributed by atoms with van der Waals surface area (Å²) in [7, 11) is 0. The molecule has 0 aromatic rings. The fraction of sp³-hybridized carbons (Fsp3) is 0.947. The molecular formula is C19H36IN3O2S. The Morgan fingerprint density at radius 3 is 2.62 bits per heavy atom. The summed E-state index contributed by atoms with van der Waals surface area (Å²) in [5.74, 6) is 1.58. The van der Waals surface area contributed by atoms with Gasteiger partial charge in [-0.2, -0.15) is 11.8 Å². The highest BCUT2D eigenvalue weighted by atomic mass is 127. The Balaban J connectivity index is 0.00000243. The van der Waals surface area contributed by atoms with Crippen molar-refractivity contribution in [2.45, 2.75) is 63.3 Å². The van der Waals surface area contributed by atoms with Gasteiger partial charge in [0, 0.05) is 48.5 Å². The van der Waals surface area contributed by atoms with Crippen molar-refractivity contribution in [3.63, 3.8) is 0 Å². The normalized spacial score (nSPS) is 32.6. The van der Waals surface area contributed by atoms with Gasteiger partial charge in [-0.3, -0.25) is 4.99 Å². The Morgan fingerprint density at radius 2 is 1.96 bits per heavy atom. The molecule has 152 valence electrons. The van der Waals surface area contributed by atoms with Crippen molar-refractivity contribution in [2.75, 3.05) is 39.2 Å². The van der Waals surface area contributed by atoms with Gasteiger partial charge < -0.3 is 20.1 Å². The number of ether oxygens (including phenoxy) is 2. The molecule has 3 aliphatic rings. The topological polar surface area (TPSA) is 54.9 Å². The maximum absolute atomic E-state index is 6.04. The minimum atomic E-state index is 0. The second-order valence-electron chi connectivity index (χ2n) is 8.24. The number of thioether (sulfide) groups is 1. The van der Waals surface area contributed by atoms with Gasteiger partial charge in [0.15, 0.2) is 5.96 Å². The van der Waals surface area contributed by atoms with E-state index in [-0.39, 0.29) is 34.1 Å². The van der Waals surface area contributed by atoms with Crippen molar-refractivity contribution in [2.24, 2.45) is 16.3 Å². The first kappa shape index (κ1) is 22.6. The van der Waals surface area contributed by atoms with Crippen LogP contribution in [0.1, 0.15) is 46.5 Å². The Labute approximate surface area is 180 Å². The lowest BCUT2D eigenvalue weighted by Gasteiger charge is -2.60. The van der Waals surface area contributed by atoms with E-state index < -0.39 is 0 Å². The van der Waals surface area contributed by atoms with Gasteiger partial charge in [0.1, 0.15) is 0 Å². The van der Waals surface area contributed by atoms with Gasteiger partial charge in [-0.05, 0) is 38.9 Å². The molecule has 3 atom stereocenters. The zero-order valence-corrected chi connectivity index (χ0v) is 19.8. The van der Waals surface area contributed by atoms with E-state index in [1.807, 2.05) is 11.8 Å². The quantitative estimate of drug-likeness (QED) is 0.347. The summed E-state index contributed by atoms with van der Waals surface area (Å²) in [5, 5.41) is 7.20. The molecule has 1 saturated carbocycles. The van der Waals surface area contributed by atoms with E-state index in [4.69, 9.17) is 14.5 Å². The fourth-order valence-corrected chi connectivity index (χ4v) is 5.44. The second kappa shape index (κ2) is 9.65. The van der Waals surface area contributed by atoms with Crippen molar-refractivity contribution in [3.8, 4) is 0 Å². The third kappa shape index (κ3) is 4.63. The number of guanidine groups is 1. The predicted octanol–water partition coefficient (Wildman–Crippen LogP) is 3.28. The molecule has 0 amide bonds. The first-order valence-electron chi connectivity index (χ1n) is 9.82. The van der Waals surface area contributed by atoms with Crippen LogP contribution in [0.4, 0.5) is 0 Å². The number of aliphatic imine (C=N–C) groups is 1. The van der Waals surface area contributed by atoms with E-state index in [9.17, 15) is 0 Å². The SMILES string of the molecule is CCNC(=NCC1(SC)CCOCC1)NC1C2CCCOC2C1(C)C.I. The fourth-order valence-electron chi connectivity index (χ4n) is 4.68. The first-order chi connectivity index (χ1) is 12.0. The Bertz CT molecular complexity index is 483. The number of halogens is 1. The summed E-state index contributed by atoms with van der Waals surface area (Å²) in [6.07, 6.45) is 7.22. The van der Waals surface area contributed by atoms with E-state index >= 15 is 0 Å². The van der Waals surface area contributed by atoms with Crippen LogP contribution in [-0.4, -0.2) is 62.0 Å². The molecular weight excluding hydrogens is 461 g/mol. The first-order valence-corrected chi connectivity index (χ1v) is 11.0. The summed E-state index contributed by atoms with van der Waals surface area (Å²) in [4.78, 5) is 4.98. The monoisotopic (exact) mass is 497 g/mol. The van der Waals surface area contributed by atoms with Gasteiger partial charge >= 0.3 is 0 Å². The lowest BCUT2D eigenvalue weighted by Crippen LogP contribution is -2.71. The van der Waals surface area contributed by atoms with Crippen LogP contribution >= 0.6 is 35.7 Å². The summed E-state index contributed by atoms with van der Waals surface area (Å²) in [6.45, 7) is 11.2. The largest absolute Gasteiger partial charge is 0.381 e. The Kier molecular flexibility index (Phi) is 8.37. The van der Waals surface area contributed by atoms with Crippen LogP contribution in [0.3, 0.4) is 0 Å². The van der Waals surface area contributed by atoms with Gasteiger partial charge in [-0.25, -0.2) is 0 Å². The van der Waals surface area contributed by atoms with Crippen molar-refractivity contribution in [1.29, 1.82) is 0 Å². The molecule has 5 nitrogen and oxygen atoms in total. The molecule has 0 spiro atoms. The van der Waals surface area contributed by atoms with Crippen LogP contribution in [0.5, 0.6) is 0 Å². The molecule has 3 fully saturated rings. The highest BCUT2D eigenvalue weighted by Gasteiger charge is 2.58. The zero-order valence-electron chi connectivity index (χ0n) is 16.7. The number of nitrogens with one attached hydrogen (secondary N) is 2. The molecule has 0 aromatic carbocycles. The summed E-state index contributed by atoms with van der Waals surface area (Å²) >= 11 is 1.95. The van der Waals surface area contributed by atoms with Crippen molar-refractivity contribution in [3.05, 3.63) is 0 Å². The molecule has 3 rings (SSSR count). The second-order valence-corrected chi connectivity index (χ2v) is 9.51. The lowest BCUT2D eigenvalue weighted by molar-refractivity contribution is -0.188. The van der Waals surface area contributed by atoms with Gasteiger partial charge in [0.05, 0.1) is 12.6 Å². The molecule has 7 heteroatoms. The van der Waals surface area contributed by atoms with Crippen LogP contribution in [0.25, 0.3) is 0 Å². The molecule has 2 N–H and O–H groups in total. The van der Waals surface area contributed by atoms with E-state index in [0.29, 0.717) is 18.1 Å². The molecule has 2 saturated heterocycles. The van der Waals surface area contributed by atoms with E-state index in [2.05, 4.69) is 37.7 Å². The van der Waals surface area contributed by atoms with Gasteiger partial charge in [0.25, 0.3) is 0 Å². The average Bonchev–Trinajstić information content (AvgIpc) is 2.64. The van der Waals surface area contributed by atoms with Crippen LogP contribution in [0.15, 0.2) is 4.99 Å². The third-order valence-electron chi connectivity index (χ3n) is 6.33. The Morgan fingerprint density at radius 1 is 1.23 bits per heavy atom. The average molecular weight is 497 g/mol. The predicted molar refractivity (Wildman–Crippen MR) is 121 cm³/mol. The molecule has 1 aliphatic carbocycles. The zero-order chi connectivity index (χ0) is 17.9. The minimum Gasteiger partial charge on any atom is -0.381 e. The smallest absolute Gasteiger partial charge is 0.191 e. The van der Waals surface area contributed by atoms with Crippen molar-refractivity contribution < 1.29 is 9.47 Å².